The lowest BCUT2D eigenvalue weighted by Gasteiger charge is -2.09. The predicted octanol–water partition coefficient (Wildman–Crippen LogP) is 5.02. The summed E-state index contributed by atoms with van der Waals surface area (Å²) in [6, 6.07) is 9.89. The summed E-state index contributed by atoms with van der Waals surface area (Å²) in [5, 5.41) is 3.00. The van der Waals surface area contributed by atoms with Crippen LogP contribution in [0.2, 0.25) is 0 Å². The monoisotopic (exact) mass is 337 g/mol. The fourth-order valence-corrected chi connectivity index (χ4v) is 3.32. The van der Waals surface area contributed by atoms with Gasteiger partial charge >= 0.3 is 0 Å². The van der Waals surface area contributed by atoms with Crippen molar-refractivity contribution in [1.29, 1.82) is 0 Å². The van der Waals surface area contributed by atoms with Crippen LogP contribution in [0.3, 0.4) is 0 Å². The van der Waals surface area contributed by atoms with Crippen LogP contribution < -0.4 is 5.32 Å². The number of carbonyl (C=O) groups is 1. The van der Waals surface area contributed by atoms with Crippen LogP contribution in [0.4, 0.5) is 5.69 Å². The zero-order chi connectivity index (χ0) is 13.8. The van der Waals surface area contributed by atoms with Crippen LogP contribution in [-0.2, 0) is 6.42 Å². The van der Waals surface area contributed by atoms with Crippen molar-refractivity contribution in [3.05, 3.63) is 50.1 Å². The molecule has 0 saturated carbocycles. The van der Waals surface area contributed by atoms with Crippen LogP contribution in [0.5, 0.6) is 0 Å². The highest BCUT2D eigenvalue weighted by atomic mass is 79.9. The maximum Gasteiger partial charge on any atom is 0.265 e. The molecule has 1 aromatic carbocycles. The normalized spacial score (nSPS) is 10.5. The number of amides is 1. The second-order valence-corrected chi connectivity index (χ2v) is 6.80. The summed E-state index contributed by atoms with van der Waals surface area (Å²) < 4.78 is 1.01. The minimum absolute atomic E-state index is 0.0395. The van der Waals surface area contributed by atoms with E-state index in [4.69, 9.17) is 0 Å². The van der Waals surface area contributed by atoms with Crippen LogP contribution in [0.15, 0.2) is 34.1 Å². The zero-order valence-corrected chi connectivity index (χ0v) is 13.4. The third kappa shape index (κ3) is 3.45. The molecule has 0 saturated heterocycles. The quantitative estimate of drug-likeness (QED) is 0.833. The number of nitrogens with one attached hydrogen (secondary N) is 1. The predicted molar refractivity (Wildman–Crippen MR) is 85.1 cm³/mol. The van der Waals surface area contributed by atoms with Gasteiger partial charge in [-0.25, -0.2) is 0 Å². The molecule has 2 aromatic rings. The Hall–Kier alpha value is -1.13. The minimum atomic E-state index is -0.0395. The summed E-state index contributed by atoms with van der Waals surface area (Å²) in [5.74, 6) is -0.0395. The Balaban J connectivity index is 2.19. The molecule has 0 aliphatic carbocycles. The molecular weight excluding hydrogens is 322 g/mol. The van der Waals surface area contributed by atoms with Gasteiger partial charge in [-0.15, -0.1) is 11.3 Å². The Morgan fingerprint density at radius 1 is 1.37 bits per heavy atom. The van der Waals surface area contributed by atoms with Crippen molar-refractivity contribution >= 4 is 38.9 Å². The van der Waals surface area contributed by atoms with E-state index >= 15 is 0 Å². The number of para-hydroxylation sites is 1. The van der Waals surface area contributed by atoms with Crippen molar-refractivity contribution in [3.63, 3.8) is 0 Å². The number of aryl methyl sites for hydroxylation is 2. The van der Waals surface area contributed by atoms with E-state index in [1.165, 1.54) is 16.9 Å². The SMILES string of the molecule is CCCc1ccccc1NC(=O)c1cc(C)c(Br)s1. The van der Waals surface area contributed by atoms with Gasteiger partial charge in [0.15, 0.2) is 0 Å². The first-order valence-electron chi connectivity index (χ1n) is 6.27. The number of hydrogen-bond acceptors (Lipinski definition) is 2. The van der Waals surface area contributed by atoms with Crippen LogP contribution in [0, 0.1) is 6.92 Å². The second-order valence-electron chi connectivity index (χ2n) is 4.43. The van der Waals surface area contributed by atoms with Gasteiger partial charge in [-0.2, -0.15) is 0 Å². The molecule has 0 aliphatic heterocycles. The van der Waals surface area contributed by atoms with Crippen LogP contribution in [-0.4, -0.2) is 5.91 Å². The summed E-state index contributed by atoms with van der Waals surface area (Å²) in [7, 11) is 0. The number of anilines is 1. The van der Waals surface area contributed by atoms with Crippen LogP contribution >= 0.6 is 27.3 Å². The lowest BCUT2D eigenvalue weighted by atomic mass is 10.1. The topological polar surface area (TPSA) is 29.1 Å². The van der Waals surface area contributed by atoms with E-state index in [0.29, 0.717) is 0 Å². The molecule has 1 aromatic heterocycles. The van der Waals surface area contributed by atoms with E-state index in [2.05, 4.69) is 34.2 Å². The van der Waals surface area contributed by atoms with Crippen LogP contribution in [0.1, 0.15) is 34.1 Å². The van der Waals surface area contributed by atoms with E-state index in [0.717, 1.165) is 32.8 Å². The van der Waals surface area contributed by atoms with Crippen molar-refractivity contribution in [1.82, 2.24) is 0 Å². The van der Waals surface area contributed by atoms with Crippen molar-refractivity contribution in [2.45, 2.75) is 26.7 Å². The third-order valence-corrected chi connectivity index (χ3v) is 5.00. The molecule has 1 N–H and O–H groups in total. The molecule has 0 aliphatic rings. The van der Waals surface area contributed by atoms with Gasteiger partial charge in [0.05, 0.1) is 8.66 Å². The van der Waals surface area contributed by atoms with E-state index in [1.807, 2.05) is 31.2 Å². The number of carbonyl (C=O) groups excluding carboxylic acids is 1. The van der Waals surface area contributed by atoms with Crippen molar-refractivity contribution in [2.75, 3.05) is 5.32 Å². The van der Waals surface area contributed by atoms with Gasteiger partial charge in [0.1, 0.15) is 0 Å². The smallest absolute Gasteiger partial charge is 0.265 e. The molecule has 1 amide bonds. The molecule has 2 rings (SSSR count). The van der Waals surface area contributed by atoms with E-state index < -0.39 is 0 Å². The molecule has 0 spiro atoms. The minimum Gasteiger partial charge on any atom is -0.321 e. The van der Waals surface area contributed by atoms with Crippen LogP contribution in [0.25, 0.3) is 0 Å². The van der Waals surface area contributed by atoms with Crippen molar-refractivity contribution in [3.8, 4) is 0 Å². The van der Waals surface area contributed by atoms with Crippen molar-refractivity contribution < 1.29 is 4.79 Å². The second kappa shape index (κ2) is 6.35. The third-order valence-electron chi connectivity index (χ3n) is 2.87. The number of hydrogen-bond donors (Lipinski definition) is 1. The Kier molecular flexibility index (Phi) is 4.77. The molecule has 0 fully saturated rings. The Bertz CT molecular complexity index is 572. The molecule has 0 atom stereocenters. The number of thiophene rings is 1. The first kappa shape index (κ1) is 14.3. The summed E-state index contributed by atoms with van der Waals surface area (Å²) in [6.07, 6.45) is 2.04. The first-order valence-corrected chi connectivity index (χ1v) is 7.88. The highest BCUT2D eigenvalue weighted by molar-refractivity contribution is 9.11. The molecule has 0 radical (unpaired) electrons. The average Bonchev–Trinajstić information content (AvgIpc) is 2.72. The molecule has 4 heteroatoms. The number of rotatable bonds is 4. The van der Waals surface area contributed by atoms with Gasteiger partial charge in [-0.3, -0.25) is 4.79 Å². The Morgan fingerprint density at radius 2 is 2.11 bits per heavy atom. The van der Waals surface area contributed by atoms with Gasteiger partial charge < -0.3 is 5.32 Å². The van der Waals surface area contributed by atoms with E-state index in [-0.39, 0.29) is 5.91 Å². The van der Waals surface area contributed by atoms with Crippen molar-refractivity contribution in [2.24, 2.45) is 0 Å². The molecule has 100 valence electrons. The number of benzene rings is 1. The standard InChI is InChI=1S/C15H16BrNOS/c1-3-6-11-7-4-5-8-12(11)17-15(18)13-9-10(2)14(16)19-13/h4-5,7-9H,3,6H2,1-2H3,(H,17,18). The average molecular weight is 338 g/mol. The Labute approximate surface area is 126 Å². The van der Waals surface area contributed by atoms with Gasteiger partial charge in [-0.1, -0.05) is 31.5 Å². The Morgan fingerprint density at radius 3 is 2.74 bits per heavy atom. The van der Waals surface area contributed by atoms with Gasteiger partial charge in [0, 0.05) is 5.69 Å². The van der Waals surface area contributed by atoms with E-state index in [1.54, 1.807) is 0 Å². The molecule has 19 heavy (non-hydrogen) atoms. The van der Waals surface area contributed by atoms with Gasteiger partial charge in [-0.05, 0) is 52.5 Å². The van der Waals surface area contributed by atoms with Gasteiger partial charge in [0.2, 0.25) is 0 Å². The maximum absolute atomic E-state index is 12.2. The molecule has 0 bridgehead atoms. The fourth-order valence-electron chi connectivity index (χ4n) is 1.89. The first-order chi connectivity index (χ1) is 9.11. The lowest BCUT2D eigenvalue weighted by molar-refractivity contribution is 0.103. The zero-order valence-electron chi connectivity index (χ0n) is 11.0. The summed E-state index contributed by atoms with van der Waals surface area (Å²) in [4.78, 5) is 12.9. The molecular formula is C15H16BrNOS. The highest BCUT2D eigenvalue weighted by Crippen LogP contribution is 2.28. The molecule has 2 nitrogen and oxygen atoms in total. The summed E-state index contributed by atoms with van der Waals surface area (Å²) in [6.45, 7) is 4.13. The summed E-state index contributed by atoms with van der Waals surface area (Å²) >= 11 is 4.91. The lowest BCUT2D eigenvalue weighted by Crippen LogP contribution is -2.11. The largest absolute Gasteiger partial charge is 0.321 e. The number of halogens is 1. The highest BCUT2D eigenvalue weighted by Gasteiger charge is 2.12. The molecule has 0 unspecified atom stereocenters. The summed E-state index contributed by atoms with van der Waals surface area (Å²) in [5.41, 5.74) is 3.19. The maximum atomic E-state index is 12.2. The molecule has 1 heterocycles. The fraction of sp³-hybridized carbons (Fsp3) is 0.267. The van der Waals surface area contributed by atoms with E-state index in [9.17, 15) is 4.79 Å². The van der Waals surface area contributed by atoms with Gasteiger partial charge in [0.25, 0.3) is 5.91 Å².